The summed E-state index contributed by atoms with van der Waals surface area (Å²) in [6.45, 7) is 3.34. The van der Waals surface area contributed by atoms with Gasteiger partial charge < -0.3 is 5.32 Å². The summed E-state index contributed by atoms with van der Waals surface area (Å²) in [5, 5.41) is 3.20. The van der Waals surface area contributed by atoms with E-state index in [0.717, 1.165) is 18.9 Å². The van der Waals surface area contributed by atoms with Crippen molar-refractivity contribution in [1.82, 2.24) is 5.32 Å². The first kappa shape index (κ1) is 6.37. The maximum atomic E-state index is 5.77. The highest BCUT2D eigenvalue weighted by atomic mass is 35.5. The van der Waals surface area contributed by atoms with Gasteiger partial charge in [0.1, 0.15) is 0 Å². The summed E-state index contributed by atoms with van der Waals surface area (Å²) in [6.07, 6.45) is 2.41. The molecule has 2 heteroatoms. The predicted molar refractivity (Wildman–Crippen MR) is 36.0 cm³/mol. The molecule has 1 fully saturated rings. The molecule has 48 valence electrons. The Balaban J connectivity index is 2.19. The first-order chi connectivity index (χ1) is 3.79. The van der Waals surface area contributed by atoms with E-state index in [-0.39, 0.29) is 5.50 Å². The Kier molecular flexibility index (Phi) is 2.15. The Morgan fingerprint density at radius 1 is 1.50 bits per heavy atom. The highest BCUT2D eigenvalue weighted by molar-refractivity contribution is 6.20. The van der Waals surface area contributed by atoms with Crippen molar-refractivity contribution in [3.63, 3.8) is 0 Å². The number of hydrogen-bond acceptors (Lipinski definition) is 1. The van der Waals surface area contributed by atoms with Gasteiger partial charge in [-0.1, -0.05) is 6.92 Å². The van der Waals surface area contributed by atoms with Gasteiger partial charge in [-0.15, -0.1) is 11.6 Å². The summed E-state index contributed by atoms with van der Waals surface area (Å²) < 4.78 is 0. The second kappa shape index (κ2) is 2.70. The van der Waals surface area contributed by atoms with Crippen LogP contribution in [0.25, 0.3) is 0 Å². The molecule has 1 heterocycles. The first-order valence-corrected chi connectivity index (χ1v) is 3.60. The summed E-state index contributed by atoms with van der Waals surface area (Å²) in [7, 11) is 0. The molecule has 0 aromatic rings. The Bertz CT molecular complexity index is 56.9. The largest absolute Gasteiger partial charge is 0.301 e. The normalized spacial score (nSPS) is 39.8. The fourth-order valence-corrected chi connectivity index (χ4v) is 1.18. The van der Waals surface area contributed by atoms with Crippen molar-refractivity contribution >= 4 is 11.6 Å². The number of alkyl halides is 1. The van der Waals surface area contributed by atoms with Gasteiger partial charge in [0.2, 0.25) is 0 Å². The maximum absolute atomic E-state index is 5.77. The zero-order valence-electron chi connectivity index (χ0n) is 5.15. The molecule has 8 heavy (non-hydrogen) atoms. The van der Waals surface area contributed by atoms with Crippen LogP contribution in [-0.4, -0.2) is 12.0 Å². The van der Waals surface area contributed by atoms with Crippen LogP contribution in [0.4, 0.5) is 0 Å². The third kappa shape index (κ3) is 1.64. The summed E-state index contributed by atoms with van der Waals surface area (Å²) >= 11 is 5.77. The smallest absolute Gasteiger partial charge is 0.0825 e. The molecule has 0 aromatic carbocycles. The highest BCUT2D eigenvalue weighted by Gasteiger charge is 2.13. The van der Waals surface area contributed by atoms with E-state index in [9.17, 15) is 0 Å². The van der Waals surface area contributed by atoms with E-state index in [1.165, 1.54) is 6.42 Å². The van der Waals surface area contributed by atoms with Crippen molar-refractivity contribution in [1.29, 1.82) is 0 Å². The number of halogens is 1. The van der Waals surface area contributed by atoms with E-state index in [4.69, 9.17) is 11.6 Å². The van der Waals surface area contributed by atoms with E-state index in [0.29, 0.717) is 0 Å². The molecule has 0 amide bonds. The number of hydrogen-bond donors (Lipinski definition) is 1. The third-order valence-electron chi connectivity index (χ3n) is 1.60. The molecule has 0 aromatic heterocycles. The minimum absolute atomic E-state index is 0.242. The predicted octanol–water partition coefficient (Wildman–Crippen LogP) is 1.57. The zero-order chi connectivity index (χ0) is 5.98. The standard InChI is InChI=1S/C6H12ClN/c1-5-2-3-6(7)8-4-5/h5-6,8H,2-4H2,1H3. The van der Waals surface area contributed by atoms with Gasteiger partial charge in [0, 0.05) is 0 Å². The van der Waals surface area contributed by atoms with Gasteiger partial charge in [-0.3, -0.25) is 0 Å². The quantitative estimate of drug-likeness (QED) is 0.391. The van der Waals surface area contributed by atoms with Crippen molar-refractivity contribution in [2.45, 2.75) is 25.3 Å². The van der Waals surface area contributed by atoms with E-state index in [2.05, 4.69) is 12.2 Å². The fraction of sp³-hybridized carbons (Fsp3) is 1.00. The lowest BCUT2D eigenvalue weighted by molar-refractivity contribution is 0.382. The van der Waals surface area contributed by atoms with Crippen LogP contribution in [0.2, 0.25) is 0 Å². The van der Waals surface area contributed by atoms with Gasteiger partial charge in [0.05, 0.1) is 5.50 Å². The average molecular weight is 134 g/mol. The maximum Gasteiger partial charge on any atom is 0.0825 e. The van der Waals surface area contributed by atoms with E-state index in [1.54, 1.807) is 0 Å². The molecular formula is C6H12ClN. The van der Waals surface area contributed by atoms with Gasteiger partial charge in [0.25, 0.3) is 0 Å². The first-order valence-electron chi connectivity index (χ1n) is 3.16. The van der Waals surface area contributed by atoms with Crippen LogP contribution in [0, 0.1) is 5.92 Å². The van der Waals surface area contributed by atoms with Gasteiger partial charge in [-0.2, -0.15) is 0 Å². The Morgan fingerprint density at radius 3 is 2.62 bits per heavy atom. The van der Waals surface area contributed by atoms with Crippen LogP contribution >= 0.6 is 11.6 Å². The topological polar surface area (TPSA) is 12.0 Å². The van der Waals surface area contributed by atoms with E-state index in [1.807, 2.05) is 0 Å². The Labute approximate surface area is 55.4 Å². The van der Waals surface area contributed by atoms with Crippen molar-refractivity contribution in [2.24, 2.45) is 5.92 Å². The SMILES string of the molecule is CC1CCC(Cl)NC1. The zero-order valence-corrected chi connectivity index (χ0v) is 5.91. The number of rotatable bonds is 0. The molecule has 1 saturated heterocycles. The van der Waals surface area contributed by atoms with Gasteiger partial charge in [0.15, 0.2) is 0 Å². The van der Waals surface area contributed by atoms with Gasteiger partial charge in [-0.25, -0.2) is 0 Å². The van der Waals surface area contributed by atoms with E-state index < -0.39 is 0 Å². The molecule has 0 spiro atoms. The molecule has 1 rings (SSSR count). The van der Waals surface area contributed by atoms with Crippen molar-refractivity contribution in [3.8, 4) is 0 Å². The Morgan fingerprint density at radius 2 is 2.25 bits per heavy atom. The average Bonchev–Trinajstić information content (AvgIpc) is 1.77. The molecule has 1 aliphatic rings. The molecule has 0 aliphatic carbocycles. The van der Waals surface area contributed by atoms with Crippen LogP contribution in [0.1, 0.15) is 19.8 Å². The lowest BCUT2D eigenvalue weighted by Gasteiger charge is -2.22. The Hall–Kier alpha value is 0.250. The highest BCUT2D eigenvalue weighted by Crippen LogP contribution is 2.14. The van der Waals surface area contributed by atoms with E-state index >= 15 is 0 Å². The molecule has 1 N–H and O–H groups in total. The second-order valence-corrected chi connectivity index (χ2v) is 3.09. The van der Waals surface area contributed by atoms with Gasteiger partial charge >= 0.3 is 0 Å². The molecule has 1 nitrogen and oxygen atoms in total. The number of piperidine rings is 1. The summed E-state index contributed by atoms with van der Waals surface area (Å²) in [5.41, 5.74) is 0.242. The fourth-order valence-electron chi connectivity index (χ4n) is 0.964. The van der Waals surface area contributed by atoms with Crippen molar-refractivity contribution < 1.29 is 0 Å². The summed E-state index contributed by atoms with van der Waals surface area (Å²) in [5.74, 6) is 0.824. The van der Waals surface area contributed by atoms with Crippen molar-refractivity contribution in [3.05, 3.63) is 0 Å². The molecule has 0 bridgehead atoms. The molecule has 1 aliphatic heterocycles. The summed E-state index contributed by atoms with van der Waals surface area (Å²) in [6, 6.07) is 0. The molecular weight excluding hydrogens is 122 g/mol. The van der Waals surface area contributed by atoms with Crippen molar-refractivity contribution in [2.75, 3.05) is 6.54 Å². The lowest BCUT2D eigenvalue weighted by Crippen LogP contribution is -2.33. The molecule has 0 saturated carbocycles. The monoisotopic (exact) mass is 133 g/mol. The van der Waals surface area contributed by atoms with Crippen LogP contribution in [-0.2, 0) is 0 Å². The van der Waals surface area contributed by atoms with Crippen LogP contribution < -0.4 is 5.32 Å². The number of nitrogens with one attached hydrogen (secondary N) is 1. The van der Waals surface area contributed by atoms with Gasteiger partial charge in [-0.05, 0) is 25.3 Å². The second-order valence-electron chi connectivity index (χ2n) is 2.56. The van der Waals surface area contributed by atoms with Crippen LogP contribution in [0.3, 0.4) is 0 Å². The minimum Gasteiger partial charge on any atom is -0.301 e. The molecule has 0 radical (unpaired) electrons. The summed E-state index contributed by atoms with van der Waals surface area (Å²) in [4.78, 5) is 0. The molecule has 2 atom stereocenters. The lowest BCUT2D eigenvalue weighted by atomic mass is 10.0. The minimum atomic E-state index is 0.242. The van der Waals surface area contributed by atoms with Crippen LogP contribution in [0.5, 0.6) is 0 Å². The molecule has 2 unspecified atom stereocenters. The third-order valence-corrected chi connectivity index (χ3v) is 1.97. The van der Waals surface area contributed by atoms with Crippen LogP contribution in [0.15, 0.2) is 0 Å².